The van der Waals surface area contributed by atoms with Crippen LogP contribution in [-0.4, -0.2) is 44.9 Å². The summed E-state index contributed by atoms with van der Waals surface area (Å²) in [6, 6.07) is 1.66. The van der Waals surface area contributed by atoms with Crippen LogP contribution in [0.1, 0.15) is 12.5 Å². The van der Waals surface area contributed by atoms with Crippen LogP contribution in [0.2, 0.25) is 0 Å². The number of alkyl halides is 3. The number of halogens is 4. The third-order valence-corrected chi connectivity index (χ3v) is 4.11. The molecule has 0 aliphatic carbocycles. The summed E-state index contributed by atoms with van der Waals surface area (Å²) >= 11 is 1.95. The zero-order chi connectivity index (χ0) is 19.2. The molecule has 140 valence electrons. The second kappa shape index (κ2) is 9.11. The predicted octanol–water partition coefficient (Wildman–Crippen LogP) is 2.46. The number of carbonyl (C=O) groups is 2. The number of carbonyl (C=O) groups excluding carboxylic acids is 2. The molecule has 25 heavy (non-hydrogen) atoms. The van der Waals surface area contributed by atoms with Gasteiger partial charge in [0.1, 0.15) is 6.04 Å². The van der Waals surface area contributed by atoms with Crippen LogP contribution in [0.15, 0.2) is 12.1 Å². The average Bonchev–Trinajstić information content (AvgIpc) is 2.54. The number of nitrogens with one attached hydrogen (secondary N) is 1. The van der Waals surface area contributed by atoms with Gasteiger partial charge in [-0.2, -0.15) is 13.2 Å². The standard InChI is InChI=1S/C15H17F3INO5/c1-4-25-13(21)10(20-14(22)15(16,17)18)5-8-6-11(23-2)12(24-3)7-9(8)19/h6-7,10H,4-5H2,1-3H3,(H,20,22)/t10-/m0/s1/i19-2. The maximum Gasteiger partial charge on any atom is 0.471 e. The molecule has 6 nitrogen and oxygen atoms in total. The lowest BCUT2D eigenvalue weighted by molar-refractivity contribution is -0.175. The summed E-state index contributed by atoms with van der Waals surface area (Å²) in [6.07, 6.45) is -5.30. The summed E-state index contributed by atoms with van der Waals surface area (Å²) in [5.74, 6) is -2.38. The van der Waals surface area contributed by atoms with Crippen molar-refractivity contribution in [1.82, 2.24) is 5.32 Å². The largest absolute Gasteiger partial charge is 0.493 e. The lowest BCUT2D eigenvalue weighted by atomic mass is 10.0. The number of rotatable bonds is 7. The molecule has 1 atom stereocenters. The van der Waals surface area contributed by atoms with E-state index in [1.807, 2.05) is 22.6 Å². The van der Waals surface area contributed by atoms with Gasteiger partial charge in [0.2, 0.25) is 0 Å². The highest BCUT2D eigenvalue weighted by molar-refractivity contribution is 14.1. The highest BCUT2D eigenvalue weighted by Gasteiger charge is 2.41. The molecule has 0 bridgehead atoms. The Labute approximate surface area is 156 Å². The van der Waals surface area contributed by atoms with Crippen molar-refractivity contribution in [1.29, 1.82) is 0 Å². The van der Waals surface area contributed by atoms with Crippen LogP contribution in [0.5, 0.6) is 11.5 Å². The fourth-order valence-electron chi connectivity index (χ4n) is 1.95. The molecule has 0 unspecified atom stereocenters. The maximum absolute atomic E-state index is 12.5. The average molecular weight is 473 g/mol. The van der Waals surface area contributed by atoms with Crippen LogP contribution >= 0.6 is 22.6 Å². The molecule has 1 aromatic rings. The monoisotopic (exact) mass is 473 g/mol. The Bertz CT molecular complexity index is 636. The predicted molar refractivity (Wildman–Crippen MR) is 90.6 cm³/mol. The van der Waals surface area contributed by atoms with Crippen LogP contribution in [0.25, 0.3) is 0 Å². The van der Waals surface area contributed by atoms with Gasteiger partial charge in [0.05, 0.1) is 20.8 Å². The van der Waals surface area contributed by atoms with Crippen molar-refractivity contribution in [2.24, 2.45) is 0 Å². The fourth-order valence-corrected chi connectivity index (χ4v) is 2.61. The zero-order valence-corrected chi connectivity index (χ0v) is 15.9. The highest BCUT2D eigenvalue weighted by atomic mass is 125. The Hall–Kier alpha value is -1.72. The molecule has 0 saturated heterocycles. The van der Waals surface area contributed by atoms with Gasteiger partial charge >= 0.3 is 18.1 Å². The Morgan fingerprint density at radius 3 is 2.24 bits per heavy atom. The molecular formula is C15H17F3INO5. The zero-order valence-electron chi connectivity index (χ0n) is 13.7. The molecule has 0 aliphatic rings. The molecule has 1 rings (SSSR count). The SMILES string of the molecule is CCOC(=O)[C@H](Cc1cc(OC)c(OC)cc1[125I])NC(=O)C(F)(F)F. The van der Waals surface area contributed by atoms with Crippen LogP contribution < -0.4 is 14.8 Å². The lowest BCUT2D eigenvalue weighted by Gasteiger charge is -2.19. The molecule has 1 N–H and O–H groups in total. The minimum absolute atomic E-state index is 0.0275. The molecule has 0 radical (unpaired) electrons. The van der Waals surface area contributed by atoms with E-state index in [0.29, 0.717) is 20.6 Å². The van der Waals surface area contributed by atoms with Gasteiger partial charge in [0.25, 0.3) is 0 Å². The topological polar surface area (TPSA) is 73.9 Å². The molecule has 0 aromatic heterocycles. The summed E-state index contributed by atoms with van der Waals surface area (Å²) < 4.78 is 53.1. The molecular weight excluding hydrogens is 456 g/mol. The Morgan fingerprint density at radius 2 is 1.76 bits per heavy atom. The second-order valence-corrected chi connectivity index (χ2v) is 5.94. The Morgan fingerprint density at radius 1 is 1.20 bits per heavy atom. The Kier molecular flexibility index (Phi) is 7.77. The molecule has 0 heterocycles. The third-order valence-electron chi connectivity index (χ3n) is 3.11. The molecule has 0 aliphatic heterocycles. The van der Waals surface area contributed by atoms with Crippen molar-refractivity contribution in [2.45, 2.75) is 25.6 Å². The number of methoxy groups -OCH3 is 2. The fraction of sp³-hybridized carbons (Fsp3) is 0.467. The van der Waals surface area contributed by atoms with E-state index < -0.39 is 24.1 Å². The van der Waals surface area contributed by atoms with E-state index in [1.54, 1.807) is 11.4 Å². The van der Waals surface area contributed by atoms with Crippen molar-refractivity contribution >= 4 is 34.5 Å². The van der Waals surface area contributed by atoms with Crippen molar-refractivity contribution in [2.75, 3.05) is 20.8 Å². The summed E-state index contributed by atoms with van der Waals surface area (Å²) in [5.41, 5.74) is 0.499. The smallest absolute Gasteiger partial charge is 0.471 e. The minimum atomic E-state index is -5.10. The summed E-state index contributed by atoms with van der Waals surface area (Å²) in [4.78, 5) is 23.1. The number of hydrogen-bond donors (Lipinski definition) is 1. The number of amides is 1. The van der Waals surface area contributed by atoms with Gasteiger partial charge in [-0.15, -0.1) is 0 Å². The lowest BCUT2D eigenvalue weighted by Crippen LogP contribution is -2.48. The summed E-state index contributed by atoms with van der Waals surface area (Å²) in [6.45, 7) is 1.49. The van der Waals surface area contributed by atoms with E-state index >= 15 is 0 Å². The molecule has 0 saturated carbocycles. The number of hydrogen-bond acceptors (Lipinski definition) is 5. The minimum Gasteiger partial charge on any atom is -0.493 e. The van der Waals surface area contributed by atoms with Gasteiger partial charge in [-0.05, 0) is 47.2 Å². The first kappa shape index (κ1) is 21.3. The van der Waals surface area contributed by atoms with Crippen LogP contribution in [-0.2, 0) is 20.7 Å². The molecule has 0 spiro atoms. The Balaban J connectivity index is 3.12. The van der Waals surface area contributed by atoms with E-state index in [2.05, 4.69) is 0 Å². The second-order valence-electron chi connectivity index (χ2n) is 4.78. The van der Waals surface area contributed by atoms with E-state index in [1.165, 1.54) is 27.2 Å². The van der Waals surface area contributed by atoms with Gasteiger partial charge in [0.15, 0.2) is 11.5 Å². The first-order valence-electron chi connectivity index (χ1n) is 7.08. The van der Waals surface area contributed by atoms with Crippen molar-refractivity contribution < 1.29 is 37.0 Å². The highest BCUT2D eigenvalue weighted by Crippen LogP contribution is 2.32. The van der Waals surface area contributed by atoms with Gasteiger partial charge in [0, 0.05) is 9.99 Å². The maximum atomic E-state index is 12.5. The van der Waals surface area contributed by atoms with Crippen molar-refractivity contribution in [3.05, 3.63) is 21.3 Å². The van der Waals surface area contributed by atoms with E-state index in [0.717, 1.165) is 0 Å². The third kappa shape index (κ3) is 5.94. The van der Waals surface area contributed by atoms with Crippen LogP contribution in [0.3, 0.4) is 0 Å². The van der Waals surface area contributed by atoms with E-state index in [-0.39, 0.29) is 13.0 Å². The van der Waals surface area contributed by atoms with Crippen molar-refractivity contribution in [3.63, 3.8) is 0 Å². The number of esters is 1. The quantitative estimate of drug-likeness (QED) is 0.487. The number of benzene rings is 1. The van der Waals surface area contributed by atoms with Gasteiger partial charge in [-0.1, -0.05) is 0 Å². The van der Waals surface area contributed by atoms with Gasteiger partial charge < -0.3 is 19.5 Å². The molecule has 0 fully saturated rings. The first-order valence-corrected chi connectivity index (χ1v) is 8.16. The van der Waals surface area contributed by atoms with E-state index in [9.17, 15) is 22.8 Å². The molecule has 1 aromatic carbocycles. The van der Waals surface area contributed by atoms with Crippen molar-refractivity contribution in [3.8, 4) is 11.5 Å². The molecule has 10 heteroatoms. The van der Waals surface area contributed by atoms with E-state index in [4.69, 9.17) is 14.2 Å². The first-order chi connectivity index (χ1) is 11.6. The van der Waals surface area contributed by atoms with Gasteiger partial charge in [-0.25, -0.2) is 4.79 Å². The molecule has 1 amide bonds. The van der Waals surface area contributed by atoms with Crippen LogP contribution in [0, 0.1) is 3.57 Å². The summed E-state index contributed by atoms with van der Waals surface area (Å²) in [7, 11) is 2.85. The normalized spacial score (nSPS) is 12.3. The number of ether oxygens (including phenoxy) is 3. The van der Waals surface area contributed by atoms with Crippen LogP contribution in [0.4, 0.5) is 13.2 Å². The van der Waals surface area contributed by atoms with Gasteiger partial charge in [-0.3, -0.25) is 4.79 Å². The summed E-state index contributed by atoms with van der Waals surface area (Å²) in [5, 5.41) is 1.67.